The van der Waals surface area contributed by atoms with E-state index in [4.69, 9.17) is 5.11 Å². The van der Waals surface area contributed by atoms with Crippen LogP contribution in [0.1, 0.15) is 57.8 Å². The largest absolute Gasteiger partial charge is 0.481 e. The molecular formula is C18H28O2. The van der Waals surface area contributed by atoms with Gasteiger partial charge in [0.2, 0.25) is 0 Å². The van der Waals surface area contributed by atoms with Crippen LogP contribution in [-0.2, 0) is 4.79 Å². The molecule has 0 fully saturated rings. The highest BCUT2D eigenvalue weighted by molar-refractivity contribution is 5.66. The third-order valence-corrected chi connectivity index (χ3v) is 2.91. The minimum atomic E-state index is -0.680. The lowest BCUT2D eigenvalue weighted by Crippen LogP contribution is -1.93. The second-order valence-electron chi connectivity index (χ2n) is 4.78. The summed E-state index contributed by atoms with van der Waals surface area (Å²) >= 11 is 0. The van der Waals surface area contributed by atoms with Crippen molar-refractivity contribution in [2.75, 3.05) is 0 Å². The van der Waals surface area contributed by atoms with Crippen molar-refractivity contribution in [3.05, 3.63) is 49.1 Å². The van der Waals surface area contributed by atoms with Crippen LogP contribution in [0.5, 0.6) is 0 Å². The van der Waals surface area contributed by atoms with Crippen LogP contribution in [0, 0.1) is 0 Å². The predicted molar refractivity (Wildman–Crippen MR) is 86.8 cm³/mol. The van der Waals surface area contributed by atoms with Gasteiger partial charge in [0, 0.05) is 6.42 Å². The van der Waals surface area contributed by atoms with Crippen LogP contribution < -0.4 is 0 Å². The first-order valence-electron chi connectivity index (χ1n) is 7.56. The zero-order chi connectivity index (χ0) is 14.9. The van der Waals surface area contributed by atoms with Crippen molar-refractivity contribution in [3.63, 3.8) is 0 Å². The molecule has 0 rings (SSSR count). The number of hydrogen-bond acceptors (Lipinski definition) is 1. The molecule has 20 heavy (non-hydrogen) atoms. The van der Waals surface area contributed by atoms with E-state index < -0.39 is 5.97 Å². The summed E-state index contributed by atoms with van der Waals surface area (Å²) in [7, 11) is 0. The number of aliphatic carboxylic acids is 1. The average molecular weight is 276 g/mol. The Balaban J connectivity index is 3.25. The highest BCUT2D eigenvalue weighted by Gasteiger charge is 1.95. The fourth-order valence-corrected chi connectivity index (χ4v) is 1.81. The second-order valence-corrected chi connectivity index (χ2v) is 4.78. The van der Waals surface area contributed by atoms with Gasteiger partial charge in [-0.25, -0.2) is 0 Å². The van der Waals surface area contributed by atoms with E-state index in [2.05, 4.69) is 37.0 Å². The van der Waals surface area contributed by atoms with E-state index in [1.54, 1.807) is 6.08 Å². The number of carboxylic acid groups (broad SMARTS) is 1. The minimum Gasteiger partial charge on any atom is -0.481 e. The molecule has 0 heterocycles. The summed E-state index contributed by atoms with van der Waals surface area (Å²) < 4.78 is 0. The van der Waals surface area contributed by atoms with Gasteiger partial charge >= 0.3 is 5.97 Å². The minimum absolute atomic E-state index is 0.314. The van der Waals surface area contributed by atoms with E-state index in [-0.39, 0.29) is 0 Å². The lowest BCUT2D eigenvalue weighted by molar-refractivity contribution is -0.137. The van der Waals surface area contributed by atoms with Crippen LogP contribution in [0.25, 0.3) is 0 Å². The van der Waals surface area contributed by atoms with Gasteiger partial charge in [-0.15, -0.1) is 0 Å². The van der Waals surface area contributed by atoms with E-state index in [0.717, 1.165) is 38.5 Å². The van der Waals surface area contributed by atoms with Crippen LogP contribution in [0.2, 0.25) is 0 Å². The first-order valence-corrected chi connectivity index (χ1v) is 7.56. The molecule has 0 aromatic heterocycles. The van der Waals surface area contributed by atoms with Crippen molar-refractivity contribution in [1.82, 2.24) is 0 Å². The fourth-order valence-electron chi connectivity index (χ4n) is 1.81. The zero-order valence-corrected chi connectivity index (χ0v) is 12.5. The van der Waals surface area contributed by atoms with E-state index in [0.29, 0.717) is 6.42 Å². The summed E-state index contributed by atoms with van der Waals surface area (Å²) in [5, 5.41) is 8.49. The lowest BCUT2D eigenvalue weighted by atomic mass is 10.1. The Morgan fingerprint density at radius 2 is 1.45 bits per heavy atom. The van der Waals surface area contributed by atoms with Gasteiger partial charge in [0.05, 0.1) is 0 Å². The SMILES string of the molecule is C=C/C=C/C/C=C/C/C=C/CCCCCCCC(=O)O. The molecule has 0 saturated heterocycles. The van der Waals surface area contributed by atoms with E-state index >= 15 is 0 Å². The molecule has 112 valence electrons. The molecule has 0 saturated carbocycles. The molecule has 0 aliphatic rings. The standard InChI is InChI=1S/C18H28O2/c1-2-3-4-5-6-7-8-9-10-11-12-13-14-15-16-17-18(19)20/h2-4,6-7,9-10H,1,5,8,11-17H2,(H,19,20)/b4-3+,7-6+,10-9+. The van der Waals surface area contributed by atoms with Crippen LogP contribution in [0.3, 0.4) is 0 Å². The average Bonchev–Trinajstić information content (AvgIpc) is 2.43. The summed E-state index contributed by atoms with van der Waals surface area (Å²) in [4.78, 5) is 10.3. The molecule has 0 aromatic rings. The van der Waals surface area contributed by atoms with Gasteiger partial charge in [0.25, 0.3) is 0 Å². The van der Waals surface area contributed by atoms with Crippen LogP contribution in [-0.4, -0.2) is 11.1 Å². The maximum absolute atomic E-state index is 10.3. The smallest absolute Gasteiger partial charge is 0.303 e. The van der Waals surface area contributed by atoms with Gasteiger partial charge in [-0.2, -0.15) is 0 Å². The number of rotatable bonds is 13. The van der Waals surface area contributed by atoms with Crippen molar-refractivity contribution in [3.8, 4) is 0 Å². The fraction of sp³-hybridized carbons (Fsp3) is 0.500. The number of hydrogen-bond donors (Lipinski definition) is 1. The van der Waals surface area contributed by atoms with Crippen molar-refractivity contribution >= 4 is 5.97 Å². The second kappa shape index (κ2) is 15.5. The molecule has 1 N–H and O–H groups in total. The Labute approximate surface area is 123 Å². The van der Waals surface area contributed by atoms with Crippen LogP contribution in [0.4, 0.5) is 0 Å². The molecule has 0 radical (unpaired) electrons. The summed E-state index contributed by atoms with van der Waals surface area (Å²) in [6, 6.07) is 0. The third kappa shape index (κ3) is 16.4. The zero-order valence-electron chi connectivity index (χ0n) is 12.5. The van der Waals surface area contributed by atoms with Gasteiger partial charge < -0.3 is 5.11 Å². The summed E-state index contributed by atoms with van der Waals surface area (Å²) in [5.41, 5.74) is 0. The highest BCUT2D eigenvalue weighted by Crippen LogP contribution is 2.07. The van der Waals surface area contributed by atoms with Gasteiger partial charge in [0.1, 0.15) is 0 Å². The van der Waals surface area contributed by atoms with Crippen LogP contribution >= 0.6 is 0 Å². The lowest BCUT2D eigenvalue weighted by Gasteiger charge is -1.98. The van der Waals surface area contributed by atoms with Crippen LogP contribution in [0.15, 0.2) is 49.1 Å². The third-order valence-electron chi connectivity index (χ3n) is 2.91. The quantitative estimate of drug-likeness (QED) is 0.276. The molecule has 0 aliphatic carbocycles. The predicted octanol–water partition coefficient (Wildman–Crippen LogP) is 5.44. The number of carbonyl (C=O) groups is 1. The number of carboxylic acids is 1. The van der Waals surface area contributed by atoms with Gasteiger partial charge in [0.15, 0.2) is 0 Å². The van der Waals surface area contributed by atoms with Gasteiger partial charge in [-0.1, -0.05) is 68.4 Å². The topological polar surface area (TPSA) is 37.3 Å². The molecule has 2 nitrogen and oxygen atoms in total. The van der Waals surface area contributed by atoms with Crippen molar-refractivity contribution in [1.29, 1.82) is 0 Å². The Hall–Kier alpha value is -1.57. The maximum Gasteiger partial charge on any atom is 0.303 e. The molecular weight excluding hydrogens is 248 g/mol. The van der Waals surface area contributed by atoms with E-state index in [9.17, 15) is 4.79 Å². The monoisotopic (exact) mass is 276 g/mol. The Morgan fingerprint density at radius 1 is 0.850 bits per heavy atom. The molecule has 0 spiro atoms. The molecule has 0 amide bonds. The molecule has 0 unspecified atom stereocenters. The summed E-state index contributed by atoms with van der Waals surface area (Å²) in [6.07, 6.45) is 23.4. The molecule has 0 bridgehead atoms. The summed E-state index contributed by atoms with van der Waals surface area (Å²) in [5.74, 6) is -0.680. The van der Waals surface area contributed by atoms with E-state index in [1.165, 1.54) is 12.8 Å². The first kappa shape index (κ1) is 18.4. The highest BCUT2D eigenvalue weighted by atomic mass is 16.4. The Kier molecular flexibility index (Phi) is 14.3. The summed E-state index contributed by atoms with van der Waals surface area (Å²) in [6.45, 7) is 3.62. The molecule has 2 heteroatoms. The first-order chi connectivity index (χ1) is 9.77. The van der Waals surface area contributed by atoms with Gasteiger partial charge in [-0.05, 0) is 32.1 Å². The maximum atomic E-state index is 10.3. The Morgan fingerprint density at radius 3 is 2.15 bits per heavy atom. The van der Waals surface area contributed by atoms with Gasteiger partial charge in [-0.3, -0.25) is 4.79 Å². The normalized spacial score (nSPS) is 11.8. The molecule has 0 aromatic carbocycles. The van der Waals surface area contributed by atoms with Crippen molar-refractivity contribution in [2.24, 2.45) is 0 Å². The van der Waals surface area contributed by atoms with Crippen molar-refractivity contribution < 1.29 is 9.90 Å². The molecule has 0 aliphatic heterocycles. The van der Waals surface area contributed by atoms with Crippen molar-refractivity contribution in [2.45, 2.75) is 57.8 Å². The Bertz CT molecular complexity index is 324. The molecule has 0 atom stereocenters. The number of unbranched alkanes of at least 4 members (excludes halogenated alkanes) is 5. The number of allylic oxidation sites excluding steroid dienone is 7. The van der Waals surface area contributed by atoms with E-state index in [1.807, 2.05) is 6.08 Å².